The van der Waals surface area contributed by atoms with Crippen molar-refractivity contribution in [2.24, 2.45) is 5.41 Å². The van der Waals surface area contributed by atoms with E-state index in [1.165, 1.54) is 0 Å². The summed E-state index contributed by atoms with van der Waals surface area (Å²) in [6, 6.07) is 0.640. The zero-order valence-corrected chi connectivity index (χ0v) is 8.42. The Bertz CT molecular complexity index is 103. The Morgan fingerprint density at radius 1 is 1.18 bits per heavy atom. The number of hydrogen-bond acceptors (Lipinski definition) is 2. The van der Waals surface area contributed by atoms with Crippen LogP contribution in [0.5, 0.6) is 0 Å². The van der Waals surface area contributed by atoms with Gasteiger partial charge >= 0.3 is 0 Å². The minimum Gasteiger partial charge on any atom is -0.314 e. The van der Waals surface area contributed by atoms with E-state index >= 15 is 0 Å². The standard InChI is InChI=1S/C8H18N2.ClH/c1-8(2,3)7-6-9-4-5-10-7;/h7,9-10H,4-6H2,1-3H3;1H/t7-;/m1./s1. The van der Waals surface area contributed by atoms with Crippen molar-refractivity contribution >= 4 is 12.4 Å². The number of halogens is 1. The van der Waals surface area contributed by atoms with E-state index in [-0.39, 0.29) is 12.4 Å². The van der Waals surface area contributed by atoms with Crippen molar-refractivity contribution in [1.29, 1.82) is 0 Å². The summed E-state index contributed by atoms with van der Waals surface area (Å²) in [7, 11) is 0. The third-order valence-corrected chi connectivity index (χ3v) is 2.09. The molecule has 1 aliphatic rings. The number of piperazine rings is 1. The molecule has 0 aromatic carbocycles. The normalized spacial score (nSPS) is 25.9. The monoisotopic (exact) mass is 178 g/mol. The van der Waals surface area contributed by atoms with Gasteiger partial charge in [-0.25, -0.2) is 0 Å². The maximum absolute atomic E-state index is 3.50. The van der Waals surface area contributed by atoms with Crippen LogP contribution in [0, 0.1) is 5.41 Å². The van der Waals surface area contributed by atoms with Gasteiger partial charge in [0.15, 0.2) is 0 Å². The maximum atomic E-state index is 3.50. The van der Waals surface area contributed by atoms with Gasteiger partial charge in [-0.3, -0.25) is 0 Å². The minimum atomic E-state index is 0. The molecular weight excluding hydrogens is 160 g/mol. The van der Waals surface area contributed by atoms with E-state index in [1.807, 2.05) is 0 Å². The van der Waals surface area contributed by atoms with Gasteiger partial charge in [0.25, 0.3) is 0 Å². The van der Waals surface area contributed by atoms with Crippen LogP contribution in [0.2, 0.25) is 0 Å². The Labute approximate surface area is 75.5 Å². The SMILES string of the molecule is CC(C)(C)[C@H]1CNCCN1.Cl. The average Bonchev–Trinajstić information content (AvgIpc) is 1.88. The molecule has 1 heterocycles. The van der Waals surface area contributed by atoms with Crippen LogP contribution in [0.25, 0.3) is 0 Å². The van der Waals surface area contributed by atoms with Crippen molar-refractivity contribution in [2.75, 3.05) is 19.6 Å². The molecule has 0 aromatic rings. The van der Waals surface area contributed by atoms with Gasteiger partial charge < -0.3 is 10.6 Å². The molecule has 1 rings (SSSR count). The summed E-state index contributed by atoms with van der Waals surface area (Å²) in [4.78, 5) is 0. The first-order chi connectivity index (χ1) is 4.61. The van der Waals surface area contributed by atoms with Crippen LogP contribution in [0.1, 0.15) is 20.8 Å². The molecule has 1 aliphatic heterocycles. The van der Waals surface area contributed by atoms with Crippen LogP contribution in [0.4, 0.5) is 0 Å². The molecule has 2 N–H and O–H groups in total. The largest absolute Gasteiger partial charge is 0.314 e. The molecule has 0 amide bonds. The predicted octanol–water partition coefficient (Wildman–Crippen LogP) is 1.02. The molecule has 0 aromatic heterocycles. The van der Waals surface area contributed by atoms with Gasteiger partial charge in [0.05, 0.1) is 0 Å². The molecule has 0 aliphatic carbocycles. The van der Waals surface area contributed by atoms with Crippen LogP contribution < -0.4 is 10.6 Å². The molecule has 0 bridgehead atoms. The lowest BCUT2D eigenvalue weighted by molar-refractivity contribution is 0.239. The van der Waals surface area contributed by atoms with Crippen molar-refractivity contribution in [2.45, 2.75) is 26.8 Å². The predicted molar refractivity (Wildman–Crippen MR) is 51.4 cm³/mol. The Morgan fingerprint density at radius 3 is 2.09 bits per heavy atom. The van der Waals surface area contributed by atoms with E-state index in [1.54, 1.807) is 0 Å². The summed E-state index contributed by atoms with van der Waals surface area (Å²) in [6.45, 7) is 10.2. The summed E-state index contributed by atoms with van der Waals surface area (Å²) in [5.74, 6) is 0. The van der Waals surface area contributed by atoms with Crippen LogP contribution in [0.15, 0.2) is 0 Å². The lowest BCUT2D eigenvalue weighted by Gasteiger charge is -2.35. The summed E-state index contributed by atoms with van der Waals surface area (Å²) >= 11 is 0. The molecule has 0 spiro atoms. The van der Waals surface area contributed by atoms with Gasteiger partial charge in [-0.15, -0.1) is 12.4 Å². The van der Waals surface area contributed by atoms with Crippen molar-refractivity contribution < 1.29 is 0 Å². The Kier molecular flexibility index (Phi) is 4.37. The van der Waals surface area contributed by atoms with Crippen molar-refractivity contribution in [1.82, 2.24) is 10.6 Å². The highest BCUT2D eigenvalue weighted by Crippen LogP contribution is 2.19. The highest BCUT2D eigenvalue weighted by atomic mass is 35.5. The van der Waals surface area contributed by atoms with Crippen LogP contribution in [-0.2, 0) is 0 Å². The van der Waals surface area contributed by atoms with Gasteiger partial charge in [-0.1, -0.05) is 20.8 Å². The quantitative estimate of drug-likeness (QED) is 0.579. The molecule has 0 radical (unpaired) electrons. The highest BCUT2D eigenvalue weighted by molar-refractivity contribution is 5.85. The third kappa shape index (κ3) is 3.41. The zero-order valence-electron chi connectivity index (χ0n) is 7.61. The molecule has 2 nitrogen and oxygen atoms in total. The fourth-order valence-electron chi connectivity index (χ4n) is 1.27. The van der Waals surface area contributed by atoms with Gasteiger partial charge in [0.2, 0.25) is 0 Å². The maximum Gasteiger partial charge on any atom is 0.0241 e. The molecule has 3 heteroatoms. The lowest BCUT2D eigenvalue weighted by Crippen LogP contribution is -2.54. The Balaban J connectivity index is 0.000001000. The van der Waals surface area contributed by atoms with E-state index in [4.69, 9.17) is 0 Å². The molecule has 11 heavy (non-hydrogen) atoms. The fraction of sp³-hybridized carbons (Fsp3) is 1.00. The smallest absolute Gasteiger partial charge is 0.0241 e. The lowest BCUT2D eigenvalue weighted by atomic mass is 9.86. The molecule has 0 unspecified atom stereocenters. The van der Waals surface area contributed by atoms with Crippen LogP contribution >= 0.6 is 12.4 Å². The van der Waals surface area contributed by atoms with Crippen molar-refractivity contribution in [3.63, 3.8) is 0 Å². The summed E-state index contributed by atoms with van der Waals surface area (Å²) in [6.07, 6.45) is 0. The first kappa shape index (κ1) is 11.2. The van der Waals surface area contributed by atoms with E-state index < -0.39 is 0 Å². The topological polar surface area (TPSA) is 24.1 Å². The molecule has 68 valence electrons. The first-order valence-corrected chi connectivity index (χ1v) is 4.05. The molecule has 1 saturated heterocycles. The second-order valence-corrected chi connectivity index (χ2v) is 4.08. The highest BCUT2D eigenvalue weighted by Gasteiger charge is 2.24. The third-order valence-electron chi connectivity index (χ3n) is 2.09. The van der Waals surface area contributed by atoms with Gasteiger partial charge in [-0.2, -0.15) is 0 Å². The number of hydrogen-bond donors (Lipinski definition) is 2. The first-order valence-electron chi connectivity index (χ1n) is 4.05. The van der Waals surface area contributed by atoms with Crippen molar-refractivity contribution in [3.05, 3.63) is 0 Å². The summed E-state index contributed by atoms with van der Waals surface area (Å²) < 4.78 is 0. The average molecular weight is 179 g/mol. The molecular formula is C8H19ClN2. The van der Waals surface area contributed by atoms with E-state index in [0.29, 0.717) is 11.5 Å². The van der Waals surface area contributed by atoms with Crippen LogP contribution in [-0.4, -0.2) is 25.7 Å². The summed E-state index contributed by atoms with van der Waals surface area (Å²) in [5.41, 5.74) is 0.396. The van der Waals surface area contributed by atoms with Crippen molar-refractivity contribution in [3.8, 4) is 0 Å². The van der Waals surface area contributed by atoms with Gasteiger partial charge in [0, 0.05) is 25.7 Å². The second-order valence-electron chi connectivity index (χ2n) is 4.08. The number of rotatable bonds is 0. The Morgan fingerprint density at radius 2 is 1.82 bits per heavy atom. The van der Waals surface area contributed by atoms with E-state index in [2.05, 4.69) is 31.4 Å². The second kappa shape index (κ2) is 4.29. The van der Waals surface area contributed by atoms with E-state index in [9.17, 15) is 0 Å². The van der Waals surface area contributed by atoms with Crippen LogP contribution in [0.3, 0.4) is 0 Å². The summed E-state index contributed by atoms with van der Waals surface area (Å²) in [5, 5.41) is 6.88. The molecule has 1 atom stereocenters. The molecule has 0 saturated carbocycles. The number of nitrogens with one attached hydrogen (secondary N) is 2. The van der Waals surface area contributed by atoms with Gasteiger partial charge in [-0.05, 0) is 5.41 Å². The Hall–Kier alpha value is 0.210. The zero-order chi connectivity index (χ0) is 7.61. The van der Waals surface area contributed by atoms with Gasteiger partial charge in [0.1, 0.15) is 0 Å². The fourth-order valence-corrected chi connectivity index (χ4v) is 1.27. The van der Waals surface area contributed by atoms with E-state index in [0.717, 1.165) is 19.6 Å². The minimum absolute atomic E-state index is 0. The molecule has 1 fully saturated rings.